The van der Waals surface area contributed by atoms with Crippen LogP contribution in [0.3, 0.4) is 0 Å². The molecule has 0 amide bonds. The van der Waals surface area contributed by atoms with E-state index < -0.39 is 11.9 Å². The first-order valence-corrected chi connectivity index (χ1v) is 7.79. The number of pyridine rings is 1. The van der Waals surface area contributed by atoms with Gasteiger partial charge in [-0.15, -0.1) is 0 Å². The van der Waals surface area contributed by atoms with Gasteiger partial charge in [-0.2, -0.15) is 13.2 Å². The summed E-state index contributed by atoms with van der Waals surface area (Å²) in [6.07, 6.45) is -1.15. The average Bonchev–Trinajstić information content (AvgIpc) is 2.55. The topological polar surface area (TPSA) is 45.6 Å². The quantitative estimate of drug-likeness (QED) is 0.813. The third-order valence-corrected chi connectivity index (χ3v) is 4.40. The van der Waals surface area contributed by atoms with E-state index in [1.807, 2.05) is 4.90 Å². The highest BCUT2D eigenvalue weighted by Gasteiger charge is 2.36. The molecule has 4 nitrogen and oxygen atoms in total. The minimum Gasteiger partial charge on any atom is -0.396 e. The molecule has 1 fully saturated rings. The monoisotopic (exact) mass is 332 g/mol. The molecule has 0 bridgehead atoms. The van der Waals surface area contributed by atoms with Crippen molar-refractivity contribution in [2.75, 3.05) is 38.3 Å². The number of rotatable bonds is 6. The number of ether oxygens (including phenoxy) is 1. The standard InChI is InChI=1S/C16H23F3N2O2/c1-23-10-4-8-15(12-22)7-3-9-21(11-15)14-6-2-5-13(20-14)16(17,18)19/h2,5-6,22H,3-4,7-12H2,1H3/t15-/m0/s1. The summed E-state index contributed by atoms with van der Waals surface area (Å²) in [7, 11) is 1.63. The summed E-state index contributed by atoms with van der Waals surface area (Å²) in [5, 5.41) is 9.82. The molecule has 1 aliphatic rings. The molecule has 23 heavy (non-hydrogen) atoms. The number of anilines is 1. The van der Waals surface area contributed by atoms with Crippen LogP contribution >= 0.6 is 0 Å². The molecule has 1 aromatic rings. The second-order valence-electron chi connectivity index (χ2n) is 6.16. The molecular formula is C16H23F3N2O2. The van der Waals surface area contributed by atoms with Gasteiger partial charge in [0.1, 0.15) is 11.5 Å². The summed E-state index contributed by atoms with van der Waals surface area (Å²) in [4.78, 5) is 5.61. The van der Waals surface area contributed by atoms with Gasteiger partial charge in [0.15, 0.2) is 0 Å². The molecule has 0 spiro atoms. The first-order chi connectivity index (χ1) is 10.9. The molecule has 0 unspecified atom stereocenters. The van der Waals surface area contributed by atoms with Gasteiger partial charge < -0.3 is 14.7 Å². The average molecular weight is 332 g/mol. The van der Waals surface area contributed by atoms with Gasteiger partial charge in [-0.1, -0.05) is 6.07 Å². The Morgan fingerprint density at radius 3 is 2.83 bits per heavy atom. The molecule has 1 N–H and O–H groups in total. The zero-order valence-corrected chi connectivity index (χ0v) is 13.3. The van der Waals surface area contributed by atoms with E-state index in [0.29, 0.717) is 25.5 Å². The number of hydrogen-bond donors (Lipinski definition) is 1. The SMILES string of the molecule is COCCC[C@@]1(CO)CCCN(c2cccc(C(F)(F)F)n2)C1. The van der Waals surface area contributed by atoms with Crippen LogP contribution in [-0.4, -0.2) is 43.5 Å². The highest BCUT2D eigenvalue weighted by atomic mass is 19.4. The number of aliphatic hydroxyl groups is 1. The Morgan fingerprint density at radius 2 is 2.17 bits per heavy atom. The van der Waals surface area contributed by atoms with E-state index in [2.05, 4.69) is 4.98 Å². The lowest BCUT2D eigenvalue weighted by atomic mass is 9.77. The lowest BCUT2D eigenvalue weighted by molar-refractivity contribution is -0.141. The molecule has 7 heteroatoms. The van der Waals surface area contributed by atoms with Gasteiger partial charge >= 0.3 is 6.18 Å². The Balaban J connectivity index is 2.14. The van der Waals surface area contributed by atoms with Crippen LogP contribution in [0.2, 0.25) is 0 Å². The van der Waals surface area contributed by atoms with Crippen molar-refractivity contribution in [2.45, 2.75) is 31.9 Å². The second-order valence-corrected chi connectivity index (χ2v) is 6.16. The van der Waals surface area contributed by atoms with Crippen LogP contribution in [0.25, 0.3) is 0 Å². The fraction of sp³-hybridized carbons (Fsp3) is 0.688. The number of halogens is 3. The minimum atomic E-state index is -4.45. The molecule has 1 saturated heterocycles. The van der Waals surface area contributed by atoms with Crippen LogP contribution in [0.5, 0.6) is 0 Å². The maximum atomic E-state index is 12.8. The predicted molar refractivity (Wildman–Crippen MR) is 81.3 cm³/mol. The number of hydrogen-bond acceptors (Lipinski definition) is 4. The van der Waals surface area contributed by atoms with Crippen LogP contribution in [0, 0.1) is 5.41 Å². The van der Waals surface area contributed by atoms with Gasteiger partial charge in [0.05, 0.1) is 6.61 Å². The highest BCUT2D eigenvalue weighted by Crippen LogP contribution is 2.36. The van der Waals surface area contributed by atoms with Gasteiger partial charge in [0.25, 0.3) is 0 Å². The van der Waals surface area contributed by atoms with E-state index >= 15 is 0 Å². The molecule has 1 atom stereocenters. The normalized spacial score (nSPS) is 22.4. The molecule has 0 saturated carbocycles. The Kier molecular flexibility index (Phi) is 5.86. The second kappa shape index (κ2) is 7.49. The van der Waals surface area contributed by atoms with Crippen molar-refractivity contribution in [1.29, 1.82) is 0 Å². The summed E-state index contributed by atoms with van der Waals surface area (Å²) in [5.41, 5.74) is -1.18. The first kappa shape index (κ1) is 18.0. The van der Waals surface area contributed by atoms with Crippen molar-refractivity contribution >= 4 is 5.82 Å². The molecule has 130 valence electrons. The molecule has 1 aromatic heterocycles. The van der Waals surface area contributed by atoms with Crippen molar-refractivity contribution in [2.24, 2.45) is 5.41 Å². The number of nitrogens with zero attached hydrogens (tertiary/aromatic N) is 2. The van der Waals surface area contributed by atoms with Gasteiger partial charge in [-0.05, 0) is 37.8 Å². The summed E-state index contributed by atoms with van der Waals surface area (Å²) >= 11 is 0. The third-order valence-electron chi connectivity index (χ3n) is 4.40. The van der Waals surface area contributed by atoms with Gasteiger partial charge in [0.2, 0.25) is 0 Å². The van der Waals surface area contributed by atoms with Crippen molar-refractivity contribution < 1.29 is 23.0 Å². The third kappa shape index (κ3) is 4.57. The van der Waals surface area contributed by atoms with E-state index in [-0.39, 0.29) is 12.0 Å². The zero-order chi connectivity index (χ0) is 16.9. The highest BCUT2D eigenvalue weighted by molar-refractivity contribution is 5.40. The lowest BCUT2D eigenvalue weighted by Gasteiger charge is -2.42. The fourth-order valence-corrected chi connectivity index (χ4v) is 3.16. The van der Waals surface area contributed by atoms with E-state index in [0.717, 1.165) is 31.7 Å². The van der Waals surface area contributed by atoms with E-state index in [1.54, 1.807) is 13.2 Å². The summed E-state index contributed by atoms with van der Waals surface area (Å²) in [6.45, 7) is 1.80. The van der Waals surface area contributed by atoms with Gasteiger partial charge in [-0.25, -0.2) is 4.98 Å². The molecule has 2 heterocycles. The summed E-state index contributed by atoms with van der Waals surface area (Å²) < 4.78 is 43.5. The Labute approximate surface area is 134 Å². The smallest absolute Gasteiger partial charge is 0.396 e. The van der Waals surface area contributed by atoms with Gasteiger partial charge in [0, 0.05) is 32.2 Å². The van der Waals surface area contributed by atoms with Crippen molar-refractivity contribution in [3.05, 3.63) is 23.9 Å². The van der Waals surface area contributed by atoms with E-state index in [9.17, 15) is 18.3 Å². The lowest BCUT2D eigenvalue weighted by Crippen LogP contribution is -2.46. The Bertz CT molecular complexity index is 510. The molecule has 2 rings (SSSR count). The molecule has 0 radical (unpaired) electrons. The molecular weight excluding hydrogens is 309 g/mol. The Morgan fingerprint density at radius 1 is 1.39 bits per heavy atom. The van der Waals surface area contributed by atoms with Crippen LogP contribution in [0.4, 0.5) is 19.0 Å². The van der Waals surface area contributed by atoms with Crippen molar-refractivity contribution in [3.8, 4) is 0 Å². The van der Waals surface area contributed by atoms with Crippen LogP contribution in [-0.2, 0) is 10.9 Å². The van der Waals surface area contributed by atoms with E-state index in [4.69, 9.17) is 4.74 Å². The summed E-state index contributed by atoms with van der Waals surface area (Å²) in [5.74, 6) is 0.323. The summed E-state index contributed by atoms with van der Waals surface area (Å²) in [6, 6.07) is 3.95. The molecule has 0 aliphatic carbocycles. The minimum absolute atomic E-state index is 0.0200. The molecule has 0 aromatic carbocycles. The number of alkyl halides is 3. The van der Waals surface area contributed by atoms with E-state index in [1.165, 1.54) is 6.07 Å². The van der Waals surface area contributed by atoms with Crippen LogP contribution in [0.1, 0.15) is 31.4 Å². The predicted octanol–water partition coefficient (Wildman–Crippen LogP) is 3.11. The van der Waals surface area contributed by atoms with Crippen LogP contribution in [0.15, 0.2) is 18.2 Å². The maximum absolute atomic E-state index is 12.8. The fourth-order valence-electron chi connectivity index (χ4n) is 3.16. The van der Waals surface area contributed by atoms with Gasteiger partial charge in [-0.3, -0.25) is 0 Å². The molecule has 1 aliphatic heterocycles. The number of aliphatic hydroxyl groups excluding tert-OH is 1. The number of aromatic nitrogens is 1. The largest absolute Gasteiger partial charge is 0.433 e. The van der Waals surface area contributed by atoms with Crippen molar-refractivity contribution in [1.82, 2.24) is 4.98 Å². The zero-order valence-electron chi connectivity index (χ0n) is 13.3. The maximum Gasteiger partial charge on any atom is 0.433 e. The van der Waals surface area contributed by atoms with Crippen molar-refractivity contribution in [3.63, 3.8) is 0 Å². The number of methoxy groups -OCH3 is 1. The van der Waals surface area contributed by atoms with Crippen LogP contribution < -0.4 is 4.90 Å². The first-order valence-electron chi connectivity index (χ1n) is 7.79. The Hall–Kier alpha value is -1.34. The number of piperidine rings is 1.